The zero-order chi connectivity index (χ0) is 10.1. The van der Waals surface area contributed by atoms with E-state index in [-0.39, 0.29) is 0 Å². The van der Waals surface area contributed by atoms with Crippen LogP contribution in [0.1, 0.15) is 53.4 Å². The third-order valence-corrected chi connectivity index (χ3v) is 3.93. The molecule has 0 N–H and O–H groups in total. The molecule has 1 aliphatic rings. The van der Waals surface area contributed by atoms with E-state index in [2.05, 4.69) is 27.7 Å². The topological polar surface area (TPSA) is 17.1 Å². The zero-order valence-corrected chi connectivity index (χ0v) is 9.39. The summed E-state index contributed by atoms with van der Waals surface area (Å²) in [6.45, 7) is 9.10. The van der Waals surface area contributed by atoms with Crippen molar-refractivity contribution in [1.29, 1.82) is 0 Å². The lowest BCUT2D eigenvalue weighted by Crippen LogP contribution is -2.37. The second-order valence-corrected chi connectivity index (χ2v) is 5.10. The first-order valence-electron chi connectivity index (χ1n) is 5.51. The smallest absolute Gasteiger partial charge is 0.133 e. The van der Waals surface area contributed by atoms with E-state index in [4.69, 9.17) is 0 Å². The molecule has 0 aliphatic heterocycles. The second kappa shape index (κ2) is 3.81. The molecule has 0 unspecified atom stereocenters. The number of ketones is 1. The van der Waals surface area contributed by atoms with Crippen LogP contribution in [0.4, 0.5) is 0 Å². The van der Waals surface area contributed by atoms with Crippen LogP contribution in [0.3, 0.4) is 0 Å². The summed E-state index contributed by atoms with van der Waals surface area (Å²) >= 11 is 0. The lowest BCUT2D eigenvalue weighted by atomic mass is 9.62. The molecular weight excluding hydrogens is 160 g/mol. The van der Waals surface area contributed by atoms with E-state index in [1.807, 2.05) is 0 Å². The minimum Gasteiger partial charge on any atom is -0.300 e. The molecule has 2 atom stereocenters. The van der Waals surface area contributed by atoms with Crippen LogP contribution < -0.4 is 0 Å². The van der Waals surface area contributed by atoms with Crippen LogP contribution in [0.15, 0.2) is 0 Å². The Morgan fingerprint density at radius 2 is 2.15 bits per heavy atom. The lowest BCUT2D eigenvalue weighted by molar-refractivity contribution is -0.126. The van der Waals surface area contributed by atoms with Crippen LogP contribution in [0.2, 0.25) is 0 Å². The number of carbonyl (C=O) groups is 1. The normalized spacial score (nSPS) is 35.5. The molecule has 0 aromatic rings. The summed E-state index contributed by atoms with van der Waals surface area (Å²) < 4.78 is 0. The average Bonchev–Trinajstić information content (AvgIpc) is 2.09. The van der Waals surface area contributed by atoms with Crippen molar-refractivity contribution in [3.05, 3.63) is 0 Å². The highest BCUT2D eigenvalue weighted by molar-refractivity contribution is 5.79. The van der Waals surface area contributed by atoms with Gasteiger partial charge >= 0.3 is 0 Å². The van der Waals surface area contributed by atoms with Gasteiger partial charge in [-0.15, -0.1) is 0 Å². The molecule has 1 fully saturated rings. The molecule has 1 aliphatic carbocycles. The quantitative estimate of drug-likeness (QED) is 0.639. The summed E-state index contributed by atoms with van der Waals surface area (Å²) in [6, 6.07) is 0. The lowest BCUT2D eigenvalue weighted by Gasteiger charge is -2.42. The summed E-state index contributed by atoms with van der Waals surface area (Å²) in [5.74, 6) is 1.73. The van der Waals surface area contributed by atoms with E-state index in [1.54, 1.807) is 0 Å². The van der Waals surface area contributed by atoms with Crippen molar-refractivity contribution in [2.45, 2.75) is 53.4 Å². The van der Waals surface area contributed by atoms with Crippen molar-refractivity contribution in [2.24, 2.45) is 17.3 Å². The van der Waals surface area contributed by atoms with Gasteiger partial charge in [-0.05, 0) is 23.7 Å². The van der Waals surface area contributed by atoms with Crippen LogP contribution in [0.5, 0.6) is 0 Å². The maximum absolute atomic E-state index is 11.4. The third-order valence-electron chi connectivity index (χ3n) is 3.93. The van der Waals surface area contributed by atoms with E-state index in [0.29, 0.717) is 23.0 Å². The molecule has 1 saturated carbocycles. The summed E-state index contributed by atoms with van der Waals surface area (Å²) in [7, 11) is 0. The standard InChI is InChI=1S/C12H22O/c1-5-12(4)7-6-10(13)8-11(12)9(2)3/h9,11H,5-8H2,1-4H3/t11-,12+/m1/s1. The number of hydrogen-bond acceptors (Lipinski definition) is 1. The van der Waals surface area contributed by atoms with Gasteiger partial charge in [-0.2, -0.15) is 0 Å². The van der Waals surface area contributed by atoms with E-state index >= 15 is 0 Å². The second-order valence-electron chi connectivity index (χ2n) is 5.10. The van der Waals surface area contributed by atoms with Crippen LogP contribution >= 0.6 is 0 Å². The molecule has 76 valence electrons. The molecule has 0 aromatic carbocycles. The molecule has 0 bridgehead atoms. The van der Waals surface area contributed by atoms with Crippen molar-refractivity contribution >= 4 is 5.78 Å². The minimum absolute atomic E-state index is 0.419. The molecule has 1 heteroatoms. The molecule has 1 rings (SSSR count). The van der Waals surface area contributed by atoms with E-state index < -0.39 is 0 Å². The average molecular weight is 182 g/mol. The fourth-order valence-corrected chi connectivity index (χ4v) is 2.68. The van der Waals surface area contributed by atoms with Crippen molar-refractivity contribution in [2.75, 3.05) is 0 Å². The van der Waals surface area contributed by atoms with Gasteiger partial charge in [-0.3, -0.25) is 4.79 Å². The van der Waals surface area contributed by atoms with Crippen molar-refractivity contribution in [3.8, 4) is 0 Å². The highest BCUT2D eigenvalue weighted by Gasteiger charge is 2.39. The molecular formula is C12H22O. The summed E-state index contributed by atoms with van der Waals surface area (Å²) in [5.41, 5.74) is 0.419. The van der Waals surface area contributed by atoms with Gasteiger partial charge in [-0.1, -0.05) is 34.1 Å². The highest BCUT2D eigenvalue weighted by atomic mass is 16.1. The van der Waals surface area contributed by atoms with Gasteiger partial charge in [-0.25, -0.2) is 0 Å². The SMILES string of the molecule is CC[C@@]1(C)CCC(=O)C[C@@H]1C(C)C. The van der Waals surface area contributed by atoms with Gasteiger partial charge < -0.3 is 0 Å². The molecule has 0 spiro atoms. The van der Waals surface area contributed by atoms with Gasteiger partial charge in [0.2, 0.25) is 0 Å². The van der Waals surface area contributed by atoms with Crippen LogP contribution in [-0.4, -0.2) is 5.78 Å². The van der Waals surface area contributed by atoms with Gasteiger partial charge in [0.05, 0.1) is 0 Å². The fourth-order valence-electron chi connectivity index (χ4n) is 2.68. The van der Waals surface area contributed by atoms with Crippen LogP contribution in [0.25, 0.3) is 0 Å². The fraction of sp³-hybridized carbons (Fsp3) is 0.917. The highest BCUT2D eigenvalue weighted by Crippen LogP contribution is 2.45. The van der Waals surface area contributed by atoms with E-state index in [9.17, 15) is 4.79 Å². The van der Waals surface area contributed by atoms with E-state index in [0.717, 1.165) is 19.3 Å². The Hall–Kier alpha value is -0.330. The molecule has 0 saturated heterocycles. The Kier molecular flexibility index (Phi) is 3.15. The minimum atomic E-state index is 0.419. The summed E-state index contributed by atoms with van der Waals surface area (Å²) in [4.78, 5) is 11.4. The third kappa shape index (κ3) is 2.12. The first-order valence-corrected chi connectivity index (χ1v) is 5.51. The number of hydrogen-bond donors (Lipinski definition) is 0. The van der Waals surface area contributed by atoms with Crippen molar-refractivity contribution in [1.82, 2.24) is 0 Å². The molecule has 1 nitrogen and oxygen atoms in total. The van der Waals surface area contributed by atoms with Gasteiger partial charge in [0.1, 0.15) is 5.78 Å². The predicted molar refractivity (Wildman–Crippen MR) is 55.6 cm³/mol. The predicted octanol–water partition coefficient (Wildman–Crippen LogP) is 3.43. The van der Waals surface area contributed by atoms with E-state index in [1.165, 1.54) is 6.42 Å². The molecule has 0 amide bonds. The van der Waals surface area contributed by atoms with Crippen molar-refractivity contribution in [3.63, 3.8) is 0 Å². The molecule has 0 heterocycles. The Labute approximate surface area is 81.9 Å². The number of rotatable bonds is 2. The Bertz CT molecular complexity index is 195. The zero-order valence-electron chi connectivity index (χ0n) is 9.39. The van der Waals surface area contributed by atoms with Crippen LogP contribution in [0, 0.1) is 17.3 Å². The monoisotopic (exact) mass is 182 g/mol. The van der Waals surface area contributed by atoms with Gasteiger partial charge in [0, 0.05) is 12.8 Å². The first kappa shape index (κ1) is 10.7. The Morgan fingerprint density at radius 1 is 1.54 bits per heavy atom. The number of Topliss-reactive ketones (excluding diaryl/α,β-unsaturated/α-hetero) is 1. The molecule has 13 heavy (non-hydrogen) atoms. The van der Waals surface area contributed by atoms with Gasteiger partial charge in [0.25, 0.3) is 0 Å². The Morgan fingerprint density at radius 3 is 2.62 bits per heavy atom. The van der Waals surface area contributed by atoms with Crippen molar-refractivity contribution < 1.29 is 4.79 Å². The molecule has 0 radical (unpaired) electrons. The van der Waals surface area contributed by atoms with Gasteiger partial charge in [0.15, 0.2) is 0 Å². The largest absolute Gasteiger partial charge is 0.300 e. The first-order chi connectivity index (χ1) is 5.99. The maximum atomic E-state index is 11.4. The maximum Gasteiger partial charge on any atom is 0.133 e. The summed E-state index contributed by atoms with van der Waals surface area (Å²) in [5, 5.41) is 0. The summed E-state index contributed by atoms with van der Waals surface area (Å²) in [6.07, 6.45) is 3.95. The Balaban J connectivity index is 2.77. The molecule has 0 aromatic heterocycles. The number of carbonyl (C=O) groups excluding carboxylic acids is 1. The van der Waals surface area contributed by atoms with Crippen LogP contribution in [-0.2, 0) is 4.79 Å².